The number of fused-ring (bicyclic) bond motifs is 1. The largest absolute Gasteiger partial charge is 0.388 e. The molecule has 1 unspecified atom stereocenters. The van der Waals surface area contributed by atoms with Crippen molar-refractivity contribution in [1.29, 1.82) is 0 Å². The second-order valence-electron chi connectivity index (χ2n) is 4.26. The molecule has 0 bridgehead atoms. The number of hydrogen-bond donors (Lipinski definition) is 1. The van der Waals surface area contributed by atoms with E-state index in [-0.39, 0.29) is 6.10 Å². The lowest BCUT2D eigenvalue weighted by atomic mass is 9.90. The van der Waals surface area contributed by atoms with Crippen molar-refractivity contribution in [2.75, 3.05) is 0 Å². The first-order valence-electron chi connectivity index (χ1n) is 6.14. The smallest absolute Gasteiger partial charge is 0.0792 e. The molecule has 0 heterocycles. The average Bonchev–Trinajstić information content (AvgIpc) is 2.42. The van der Waals surface area contributed by atoms with Gasteiger partial charge in [0.15, 0.2) is 0 Å². The van der Waals surface area contributed by atoms with Crippen LogP contribution in [0.2, 0.25) is 0 Å². The molecule has 2 aromatic rings. The van der Waals surface area contributed by atoms with Gasteiger partial charge in [-0.05, 0) is 30.4 Å². The van der Waals surface area contributed by atoms with Crippen molar-refractivity contribution < 1.29 is 5.11 Å². The summed E-state index contributed by atoms with van der Waals surface area (Å²) in [4.78, 5) is 0. The first-order chi connectivity index (χ1) is 8.38. The maximum absolute atomic E-state index is 9.56. The van der Waals surface area contributed by atoms with Crippen molar-refractivity contribution in [1.82, 2.24) is 0 Å². The van der Waals surface area contributed by atoms with Crippen LogP contribution in [-0.4, -0.2) is 5.11 Å². The number of rotatable bonds is 0. The van der Waals surface area contributed by atoms with Crippen LogP contribution >= 0.6 is 0 Å². The monoisotopic (exact) mass is 226 g/mol. The van der Waals surface area contributed by atoms with Crippen LogP contribution in [0.3, 0.4) is 0 Å². The second kappa shape index (κ2) is 6.21. The summed E-state index contributed by atoms with van der Waals surface area (Å²) in [5.41, 5.74) is 2.46. The average molecular weight is 226 g/mol. The number of hydrogen-bond acceptors (Lipinski definition) is 1. The van der Waals surface area contributed by atoms with E-state index < -0.39 is 0 Å². The molecule has 1 atom stereocenters. The van der Waals surface area contributed by atoms with Crippen LogP contribution < -0.4 is 0 Å². The highest BCUT2D eigenvalue weighted by atomic mass is 16.3. The van der Waals surface area contributed by atoms with Crippen LogP contribution in [0, 0.1) is 0 Å². The number of aliphatic hydroxyl groups is 1. The van der Waals surface area contributed by atoms with Crippen molar-refractivity contribution in [2.45, 2.75) is 25.4 Å². The third-order valence-electron chi connectivity index (χ3n) is 3.00. The van der Waals surface area contributed by atoms with Gasteiger partial charge >= 0.3 is 0 Å². The number of benzene rings is 2. The molecule has 88 valence electrons. The maximum Gasteiger partial charge on any atom is 0.0792 e. The molecule has 1 N–H and O–H groups in total. The molecular weight excluding hydrogens is 208 g/mol. The lowest BCUT2D eigenvalue weighted by molar-refractivity contribution is 0.156. The van der Waals surface area contributed by atoms with E-state index in [1.165, 1.54) is 5.56 Å². The van der Waals surface area contributed by atoms with Crippen LogP contribution in [0.25, 0.3) is 0 Å². The molecule has 1 aliphatic carbocycles. The fourth-order valence-electron chi connectivity index (χ4n) is 2.11. The summed E-state index contributed by atoms with van der Waals surface area (Å²) in [7, 11) is 0. The normalized spacial score (nSPS) is 17.6. The fraction of sp³-hybridized carbons (Fsp3) is 0.250. The molecule has 0 saturated carbocycles. The summed E-state index contributed by atoms with van der Waals surface area (Å²) in [6.07, 6.45) is 2.97. The number of aryl methyl sites for hydroxylation is 1. The summed E-state index contributed by atoms with van der Waals surface area (Å²) in [6.45, 7) is 0. The van der Waals surface area contributed by atoms with Crippen molar-refractivity contribution in [3.63, 3.8) is 0 Å². The van der Waals surface area contributed by atoms with Crippen molar-refractivity contribution in [3.8, 4) is 0 Å². The Kier molecular flexibility index (Phi) is 4.34. The van der Waals surface area contributed by atoms with Gasteiger partial charge in [0.2, 0.25) is 0 Å². The van der Waals surface area contributed by atoms with Gasteiger partial charge in [0.1, 0.15) is 0 Å². The summed E-state index contributed by atoms with van der Waals surface area (Å²) >= 11 is 0. The topological polar surface area (TPSA) is 20.2 Å². The lowest BCUT2D eigenvalue weighted by Gasteiger charge is -2.20. The zero-order valence-electron chi connectivity index (χ0n) is 9.92. The van der Waals surface area contributed by atoms with Gasteiger partial charge in [0.05, 0.1) is 6.10 Å². The highest BCUT2D eigenvalue weighted by molar-refractivity contribution is 5.30. The number of aliphatic hydroxyl groups excluding tert-OH is 1. The summed E-state index contributed by atoms with van der Waals surface area (Å²) < 4.78 is 0. The first kappa shape index (κ1) is 11.9. The van der Waals surface area contributed by atoms with Gasteiger partial charge in [-0.15, -0.1) is 0 Å². The van der Waals surface area contributed by atoms with Gasteiger partial charge in [0.25, 0.3) is 0 Å². The van der Waals surface area contributed by atoms with E-state index in [0.717, 1.165) is 24.8 Å². The van der Waals surface area contributed by atoms with Gasteiger partial charge in [-0.3, -0.25) is 0 Å². The maximum atomic E-state index is 9.56. The summed E-state index contributed by atoms with van der Waals surface area (Å²) in [5.74, 6) is 0. The third-order valence-corrected chi connectivity index (χ3v) is 3.00. The Morgan fingerprint density at radius 2 is 1.41 bits per heavy atom. The molecule has 0 aliphatic heterocycles. The Labute approximate surface area is 103 Å². The predicted octanol–water partition coefficient (Wildman–Crippen LogP) is 3.74. The molecule has 0 amide bonds. The minimum atomic E-state index is -0.208. The molecule has 1 heteroatoms. The van der Waals surface area contributed by atoms with E-state index in [1.54, 1.807) is 0 Å². The molecule has 1 nitrogen and oxygen atoms in total. The fourth-order valence-corrected chi connectivity index (χ4v) is 2.11. The van der Waals surface area contributed by atoms with E-state index in [1.807, 2.05) is 54.6 Å². The Morgan fingerprint density at radius 3 is 2.00 bits per heavy atom. The minimum absolute atomic E-state index is 0.208. The quantitative estimate of drug-likeness (QED) is 0.725. The second-order valence-corrected chi connectivity index (χ2v) is 4.26. The van der Waals surface area contributed by atoms with Gasteiger partial charge in [-0.1, -0.05) is 60.7 Å². The van der Waals surface area contributed by atoms with E-state index in [0.29, 0.717) is 0 Å². The molecule has 1 aliphatic rings. The van der Waals surface area contributed by atoms with Crippen molar-refractivity contribution in [2.24, 2.45) is 0 Å². The Bertz CT molecular complexity index is 410. The van der Waals surface area contributed by atoms with Gasteiger partial charge in [-0.25, -0.2) is 0 Å². The zero-order chi connectivity index (χ0) is 11.9. The highest BCUT2D eigenvalue weighted by Crippen LogP contribution is 2.28. The van der Waals surface area contributed by atoms with Gasteiger partial charge < -0.3 is 5.11 Å². The lowest BCUT2D eigenvalue weighted by Crippen LogP contribution is -2.08. The summed E-state index contributed by atoms with van der Waals surface area (Å²) in [6, 6.07) is 20.2. The van der Waals surface area contributed by atoms with Crippen LogP contribution in [0.5, 0.6) is 0 Å². The van der Waals surface area contributed by atoms with Crippen LogP contribution in [0.4, 0.5) is 0 Å². The Hall–Kier alpha value is -1.60. The van der Waals surface area contributed by atoms with E-state index in [4.69, 9.17) is 0 Å². The summed E-state index contributed by atoms with van der Waals surface area (Å²) in [5, 5.41) is 9.56. The minimum Gasteiger partial charge on any atom is -0.388 e. The Balaban J connectivity index is 0.000000153. The van der Waals surface area contributed by atoms with Gasteiger partial charge in [-0.2, -0.15) is 0 Å². The highest BCUT2D eigenvalue weighted by Gasteiger charge is 2.15. The molecule has 0 saturated heterocycles. The van der Waals surface area contributed by atoms with E-state index >= 15 is 0 Å². The molecular formula is C16H18O. The predicted molar refractivity (Wildman–Crippen MR) is 70.8 cm³/mol. The zero-order valence-corrected chi connectivity index (χ0v) is 9.92. The SMILES string of the molecule is OC1CCCc2ccccc21.c1ccccc1. The van der Waals surface area contributed by atoms with Crippen LogP contribution in [0.1, 0.15) is 30.1 Å². The van der Waals surface area contributed by atoms with E-state index in [9.17, 15) is 5.11 Å². The molecule has 17 heavy (non-hydrogen) atoms. The van der Waals surface area contributed by atoms with Gasteiger partial charge in [0, 0.05) is 0 Å². The molecule has 2 aromatic carbocycles. The first-order valence-corrected chi connectivity index (χ1v) is 6.14. The Morgan fingerprint density at radius 1 is 0.824 bits per heavy atom. The molecule has 0 fully saturated rings. The van der Waals surface area contributed by atoms with Crippen molar-refractivity contribution in [3.05, 3.63) is 71.8 Å². The molecule has 0 spiro atoms. The van der Waals surface area contributed by atoms with E-state index in [2.05, 4.69) is 6.07 Å². The van der Waals surface area contributed by atoms with Crippen LogP contribution in [0.15, 0.2) is 60.7 Å². The van der Waals surface area contributed by atoms with Crippen LogP contribution in [-0.2, 0) is 6.42 Å². The molecule has 3 rings (SSSR count). The standard InChI is InChI=1S/C10H12O.C6H6/c11-10-7-3-5-8-4-1-2-6-9(8)10;1-2-4-6-5-3-1/h1-2,4,6,10-11H,3,5,7H2;1-6H. The molecule has 0 aromatic heterocycles. The third kappa shape index (κ3) is 3.43. The molecule has 0 radical (unpaired) electrons. The van der Waals surface area contributed by atoms with Crippen molar-refractivity contribution >= 4 is 0 Å².